The van der Waals surface area contributed by atoms with E-state index in [0.717, 1.165) is 6.16 Å². The van der Waals surface area contributed by atoms with Crippen molar-refractivity contribution < 1.29 is 13.0 Å². The van der Waals surface area contributed by atoms with E-state index < -0.39 is 10.1 Å². The van der Waals surface area contributed by atoms with Crippen LogP contribution in [-0.2, 0) is 10.1 Å². The Morgan fingerprint density at radius 3 is 1.57 bits per heavy atom. The van der Waals surface area contributed by atoms with Crippen molar-refractivity contribution in [2.24, 2.45) is 0 Å². The predicted molar refractivity (Wildman–Crippen MR) is 98.0 cm³/mol. The van der Waals surface area contributed by atoms with Gasteiger partial charge in [-0.25, -0.2) is 0 Å². The monoisotopic (exact) mass is 348 g/mol. The van der Waals surface area contributed by atoms with Crippen LogP contribution >= 0.6 is 7.92 Å². The van der Waals surface area contributed by atoms with Crippen LogP contribution in [0.25, 0.3) is 0 Å². The zero-order valence-corrected chi connectivity index (χ0v) is 15.0. The molecular weight excluding hydrogens is 314 g/mol. The molecule has 3 nitrogen and oxygen atoms in total. The molecule has 0 aliphatic heterocycles. The van der Waals surface area contributed by atoms with Crippen molar-refractivity contribution >= 4 is 47.6 Å². The molecule has 0 aromatic rings. The van der Waals surface area contributed by atoms with Crippen LogP contribution in [0.5, 0.6) is 0 Å². The van der Waals surface area contributed by atoms with Crippen LogP contribution in [0.15, 0.2) is 0 Å². The van der Waals surface area contributed by atoms with Gasteiger partial charge in [0.2, 0.25) is 0 Å². The molecule has 0 spiro atoms. The first-order valence-electron chi connectivity index (χ1n) is 8.17. The fourth-order valence-corrected chi connectivity index (χ4v) is 5.67. The third-order valence-corrected chi connectivity index (χ3v) is 7.18. The van der Waals surface area contributed by atoms with Crippen molar-refractivity contribution in [2.45, 2.75) is 71.6 Å². The SMILES string of the molecule is CCCCCCP(CCCCCC)CCCS(=O)(=O)O.[NaH]. The molecular formula is C15H34NaO3PS. The van der Waals surface area contributed by atoms with Crippen molar-refractivity contribution in [2.75, 3.05) is 24.2 Å². The number of rotatable bonds is 14. The van der Waals surface area contributed by atoms with E-state index in [0.29, 0.717) is 6.42 Å². The van der Waals surface area contributed by atoms with Crippen molar-refractivity contribution in [1.29, 1.82) is 0 Å². The number of hydrogen-bond acceptors (Lipinski definition) is 2. The molecule has 0 bridgehead atoms. The summed E-state index contributed by atoms with van der Waals surface area (Å²) in [6.07, 6.45) is 14.5. The Morgan fingerprint density at radius 1 is 0.762 bits per heavy atom. The van der Waals surface area contributed by atoms with Gasteiger partial charge in [-0.1, -0.05) is 52.4 Å². The van der Waals surface area contributed by atoms with Crippen LogP contribution in [0, 0.1) is 0 Å². The molecule has 0 rings (SSSR count). The molecule has 0 atom stereocenters. The second-order valence-electron chi connectivity index (χ2n) is 5.60. The first-order chi connectivity index (χ1) is 9.49. The van der Waals surface area contributed by atoms with Gasteiger partial charge in [-0.15, -0.1) is 7.92 Å². The van der Waals surface area contributed by atoms with E-state index >= 15 is 0 Å². The van der Waals surface area contributed by atoms with Gasteiger partial charge >= 0.3 is 29.6 Å². The van der Waals surface area contributed by atoms with Crippen LogP contribution < -0.4 is 0 Å². The molecule has 0 heterocycles. The van der Waals surface area contributed by atoms with Gasteiger partial charge in [0.05, 0.1) is 5.75 Å². The summed E-state index contributed by atoms with van der Waals surface area (Å²) in [6.45, 7) is 4.44. The molecule has 0 saturated heterocycles. The zero-order valence-electron chi connectivity index (χ0n) is 13.3. The molecule has 0 aromatic heterocycles. The summed E-state index contributed by atoms with van der Waals surface area (Å²) in [5.74, 6) is -0.0598. The van der Waals surface area contributed by atoms with Gasteiger partial charge in [0.25, 0.3) is 10.1 Å². The zero-order chi connectivity index (χ0) is 15.3. The molecule has 0 unspecified atom stereocenters. The average molecular weight is 348 g/mol. The molecule has 21 heavy (non-hydrogen) atoms. The van der Waals surface area contributed by atoms with E-state index in [9.17, 15) is 8.42 Å². The minimum atomic E-state index is -3.77. The molecule has 0 radical (unpaired) electrons. The van der Waals surface area contributed by atoms with Crippen LogP contribution in [0.4, 0.5) is 0 Å². The van der Waals surface area contributed by atoms with Gasteiger partial charge in [0.15, 0.2) is 0 Å². The van der Waals surface area contributed by atoms with E-state index in [2.05, 4.69) is 13.8 Å². The summed E-state index contributed by atoms with van der Waals surface area (Å²) in [5, 5.41) is 0. The predicted octanol–water partition coefficient (Wildman–Crippen LogP) is 4.26. The quantitative estimate of drug-likeness (QED) is 0.221. The number of unbranched alkanes of at least 4 members (excludes halogenated alkanes) is 6. The fourth-order valence-electron chi connectivity index (χ4n) is 2.33. The van der Waals surface area contributed by atoms with E-state index in [1.807, 2.05) is 0 Å². The Hall–Kier alpha value is 1.34. The van der Waals surface area contributed by atoms with Crippen molar-refractivity contribution in [3.05, 3.63) is 0 Å². The molecule has 0 fully saturated rings. The first kappa shape index (κ1) is 24.6. The van der Waals surface area contributed by atoms with Gasteiger partial charge in [-0.05, 0) is 37.7 Å². The molecule has 6 heteroatoms. The minimum absolute atomic E-state index is 0. The second kappa shape index (κ2) is 16.2. The molecule has 0 aliphatic rings. The van der Waals surface area contributed by atoms with E-state index in [1.165, 1.54) is 63.7 Å². The van der Waals surface area contributed by atoms with Crippen molar-refractivity contribution in [3.8, 4) is 0 Å². The number of hydrogen-bond donors (Lipinski definition) is 1. The van der Waals surface area contributed by atoms with E-state index in [1.54, 1.807) is 0 Å². The summed E-state index contributed by atoms with van der Waals surface area (Å²) in [6, 6.07) is 0. The fraction of sp³-hybridized carbons (Fsp3) is 1.00. The third-order valence-electron chi connectivity index (χ3n) is 3.53. The molecule has 0 aromatic carbocycles. The normalized spacial score (nSPS) is 11.6. The van der Waals surface area contributed by atoms with Crippen LogP contribution in [0.1, 0.15) is 71.6 Å². The van der Waals surface area contributed by atoms with Gasteiger partial charge in [0.1, 0.15) is 0 Å². The van der Waals surface area contributed by atoms with Crippen molar-refractivity contribution in [1.82, 2.24) is 0 Å². The first-order valence-corrected chi connectivity index (χ1v) is 11.7. The van der Waals surface area contributed by atoms with Gasteiger partial charge in [-0.3, -0.25) is 4.55 Å². The molecule has 0 amide bonds. The van der Waals surface area contributed by atoms with E-state index in [4.69, 9.17) is 4.55 Å². The Balaban J connectivity index is 0. The molecule has 0 saturated carbocycles. The van der Waals surface area contributed by atoms with Crippen LogP contribution in [0.2, 0.25) is 0 Å². The Morgan fingerprint density at radius 2 is 1.19 bits per heavy atom. The summed E-state index contributed by atoms with van der Waals surface area (Å²) >= 11 is 0. The van der Waals surface area contributed by atoms with Crippen molar-refractivity contribution in [3.63, 3.8) is 0 Å². The van der Waals surface area contributed by atoms with Gasteiger partial charge in [-0.2, -0.15) is 8.42 Å². The van der Waals surface area contributed by atoms with Crippen LogP contribution in [0.3, 0.4) is 0 Å². The molecule has 124 valence electrons. The summed E-state index contributed by atoms with van der Waals surface area (Å²) in [5.41, 5.74) is 0. The average Bonchev–Trinajstić information content (AvgIpc) is 2.37. The topological polar surface area (TPSA) is 54.4 Å². The van der Waals surface area contributed by atoms with Crippen LogP contribution in [-0.4, -0.2) is 66.8 Å². The van der Waals surface area contributed by atoms with Gasteiger partial charge < -0.3 is 0 Å². The summed E-state index contributed by atoms with van der Waals surface area (Å²) < 4.78 is 30.3. The Kier molecular flexibility index (Phi) is 19.0. The third kappa shape index (κ3) is 19.3. The second-order valence-corrected chi connectivity index (χ2v) is 9.86. The summed E-state index contributed by atoms with van der Waals surface area (Å²) in [7, 11) is -3.79. The maximum atomic E-state index is 10.8. The summed E-state index contributed by atoms with van der Waals surface area (Å²) in [4.78, 5) is 0. The molecule has 1 N–H and O–H groups in total. The van der Waals surface area contributed by atoms with Gasteiger partial charge in [0, 0.05) is 0 Å². The Labute approximate surface area is 155 Å². The Bertz CT molecular complexity index is 298. The van der Waals surface area contributed by atoms with E-state index in [-0.39, 0.29) is 43.2 Å². The maximum absolute atomic E-state index is 10.8. The standard InChI is InChI=1S/C15H33O3PS.Na.H/c1-3-5-7-9-12-19(13-10-8-6-4-2)14-11-15-20(16,17)18;;/h3-15H2,1-2H3,(H,16,17,18);;. The molecule has 0 aliphatic carbocycles.